The molecule has 1 aromatic rings. The summed E-state index contributed by atoms with van der Waals surface area (Å²) >= 11 is 0. The second-order valence-electron chi connectivity index (χ2n) is 13.5. The van der Waals surface area contributed by atoms with Crippen LogP contribution in [0.25, 0.3) is 0 Å². The predicted molar refractivity (Wildman–Crippen MR) is 153 cm³/mol. The molecule has 2 aliphatic rings. The molecular weight excluding hydrogens is 476 g/mol. The van der Waals surface area contributed by atoms with E-state index in [-0.39, 0.29) is 45.5 Å². The van der Waals surface area contributed by atoms with E-state index in [2.05, 4.69) is 78.3 Å². The van der Waals surface area contributed by atoms with Gasteiger partial charge in [-0.05, 0) is 67.5 Å². The number of carbonyl (C=O) groups is 2. The van der Waals surface area contributed by atoms with Crippen LogP contribution in [-0.4, -0.2) is 69.2 Å². The van der Waals surface area contributed by atoms with Gasteiger partial charge >= 0.3 is 11.9 Å². The number of carbonyl (C=O) groups excluding carboxylic acids is 2. The molecule has 210 valence electrons. The molecule has 0 atom stereocenters. The Hall–Kier alpha value is -2.44. The normalized spacial score (nSPS) is 23.4. The molecule has 2 saturated heterocycles. The van der Waals surface area contributed by atoms with Gasteiger partial charge in [0, 0.05) is 60.9 Å². The van der Waals surface area contributed by atoms with Gasteiger partial charge in [0.25, 0.3) is 0 Å². The number of rotatable bonds is 8. The first-order valence-corrected chi connectivity index (χ1v) is 13.8. The highest BCUT2D eigenvalue weighted by Gasteiger charge is 2.47. The number of piperidine rings is 2. The van der Waals surface area contributed by atoms with E-state index in [0.717, 1.165) is 13.1 Å². The molecule has 6 nitrogen and oxygen atoms in total. The second kappa shape index (κ2) is 11.0. The standard InChI is InChI=1S/C32H48N2O4/c1-11-17-33-29(3,4)19-23(20-30(33,5)6)37-27(35)25-15-13-14-16-26(25)28(36)38-24-21-31(7,8)34(18-12-2)32(9,10)22-24/h11-16,23-24H,1-2,17-22H2,3-10H3. The molecule has 3 rings (SSSR count). The van der Waals surface area contributed by atoms with Crippen LogP contribution in [0.15, 0.2) is 49.6 Å². The first kappa shape index (κ1) is 30.1. The van der Waals surface area contributed by atoms with E-state index in [1.165, 1.54) is 0 Å². The highest BCUT2D eigenvalue weighted by Crippen LogP contribution is 2.41. The molecule has 0 saturated carbocycles. The smallest absolute Gasteiger partial charge is 0.339 e. The van der Waals surface area contributed by atoms with Crippen molar-refractivity contribution < 1.29 is 19.1 Å². The van der Waals surface area contributed by atoms with Crippen molar-refractivity contribution in [3.63, 3.8) is 0 Å². The number of benzene rings is 1. The van der Waals surface area contributed by atoms with Crippen molar-refractivity contribution in [1.29, 1.82) is 0 Å². The number of hydrogen-bond donors (Lipinski definition) is 0. The van der Waals surface area contributed by atoms with Crippen molar-refractivity contribution >= 4 is 11.9 Å². The van der Waals surface area contributed by atoms with Crippen LogP contribution in [0.2, 0.25) is 0 Å². The monoisotopic (exact) mass is 524 g/mol. The van der Waals surface area contributed by atoms with Gasteiger partial charge in [0.05, 0.1) is 11.1 Å². The predicted octanol–water partition coefficient (Wildman–Crippen LogP) is 6.42. The Labute approximate surface area is 230 Å². The van der Waals surface area contributed by atoms with Gasteiger partial charge in [-0.2, -0.15) is 0 Å². The fourth-order valence-electron chi connectivity index (χ4n) is 7.13. The van der Waals surface area contributed by atoms with Crippen LogP contribution in [0.5, 0.6) is 0 Å². The van der Waals surface area contributed by atoms with Gasteiger partial charge in [-0.3, -0.25) is 9.80 Å². The van der Waals surface area contributed by atoms with Crippen LogP contribution in [0.4, 0.5) is 0 Å². The van der Waals surface area contributed by atoms with Gasteiger partial charge in [-0.25, -0.2) is 9.59 Å². The average Bonchev–Trinajstić information content (AvgIpc) is 2.77. The lowest BCUT2D eigenvalue weighted by atomic mass is 9.78. The molecule has 2 heterocycles. The second-order valence-corrected chi connectivity index (χ2v) is 13.5. The molecule has 1 aromatic carbocycles. The summed E-state index contributed by atoms with van der Waals surface area (Å²) in [5.41, 5.74) is -0.161. The molecule has 38 heavy (non-hydrogen) atoms. The van der Waals surface area contributed by atoms with Gasteiger partial charge in [-0.15, -0.1) is 13.2 Å². The first-order chi connectivity index (χ1) is 17.5. The van der Waals surface area contributed by atoms with Crippen molar-refractivity contribution in [1.82, 2.24) is 9.80 Å². The number of esters is 2. The molecule has 2 fully saturated rings. The summed E-state index contributed by atoms with van der Waals surface area (Å²) in [4.78, 5) is 31.6. The van der Waals surface area contributed by atoms with E-state index in [1.807, 2.05) is 12.2 Å². The molecule has 0 N–H and O–H groups in total. The summed E-state index contributed by atoms with van der Waals surface area (Å²) in [6.07, 6.45) is 6.15. The summed E-state index contributed by atoms with van der Waals surface area (Å²) in [7, 11) is 0. The number of ether oxygens (including phenoxy) is 2. The molecule has 2 aliphatic heterocycles. The maximum Gasteiger partial charge on any atom is 0.339 e. The molecule has 0 radical (unpaired) electrons. The molecule has 0 amide bonds. The lowest BCUT2D eigenvalue weighted by Crippen LogP contribution is -2.62. The topological polar surface area (TPSA) is 59.1 Å². The molecule has 0 aliphatic carbocycles. The molecule has 0 bridgehead atoms. The zero-order chi connectivity index (χ0) is 28.5. The fourth-order valence-corrected chi connectivity index (χ4v) is 7.13. The first-order valence-electron chi connectivity index (χ1n) is 13.8. The third-order valence-corrected chi connectivity index (χ3v) is 8.37. The molecule has 0 aromatic heterocycles. The summed E-state index contributed by atoms with van der Waals surface area (Å²) in [5, 5.41) is 0. The minimum absolute atomic E-state index is 0.167. The molecule has 6 heteroatoms. The van der Waals surface area contributed by atoms with Gasteiger partial charge in [-0.1, -0.05) is 24.3 Å². The van der Waals surface area contributed by atoms with Crippen molar-refractivity contribution in [3.05, 3.63) is 60.7 Å². The van der Waals surface area contributed by atoms with Gasteiger partial charge < -0.3 is 9.47 Å². The zero-order valence-corrected chi connectivity index (χ0v) is 24.8. The minimum atomic E-state index is -0.479. The van der Waals surface area contributed by atoms with Crippen LogP contribution < -0.4 is 0 Å². The minimum Gasteiger partial charge on any atom is -0.459 e. The van der Waals surface area contributed by atoms with Crippen LogP contribution in [0, 0.1) is 0 Å². The highest BCUT2D eigenvalue weighted by atomic mass is 16.6. The van der Waals surface area contributed by atoms with E-state index in [0.29, 0.717) is 25.7 Å². The largest absolute Gasteiger partial charge is 0.459 e. The zero-order valence-electron chi connectivity index (χ0n) is 24.8. The van der Waals surface area contributed by atoms with Crippen molar-refractivity contribution in [3.8, 4) is 0 Å². The Morgan fingerprint density at radius 3 is 1.26 bits per heavy atom. The van der Waals surface area contributed by atoms with Crippen molar-refractivity contribution in [2.75, 3.05) is 13.1 Å². The Kier molecular flexibility index (Phi) is 8.69. The van der Waals surface area contributed by atoms with Crippen molar-refractivity contribution in [2.24, 2.45) is 0 Å². The van der Waals surface area contributed by atoms with E-state index in [4.69, 9.17) is 9.47 Å². The summed E-state index contributed by atoms with van der Waals surface area (Å²) in [5.74, 6) is -0.958. The quantitative estimate of drug-likeness (QED) is 0.289. The maximum atomic E-state index is 13.4. The lowest BCUT2D eigenvalue weighted by molar-refractivity contribution is -0.0830. The maximum absolute atomic E-state index is 13.4. The van der Waals surface area contributed by atoms with Gasteiger partial charge in [0.15, 0.2) is 0 Å². The van der Waals surface area contributed by atoms with Crippen LogP contribution in [-0.2, 0) is 9.47 Å². The number of hydrogen-bond acceptors (Lipinski definition) is 6. The third-order valence-electron chi connectivity index (χ3n) is 8.37. The SMILES string of the molecule is C=CCN1C(C)(C)CC(OC(=O)c2ccccc2C(=O)OC2CC(C)(C)N(CC=C)C(C)(C)C2)CC1(C)C. The summed E-state index contributed by atoms with van der Waals surface area (Å²) in [6, 6.07) is 6.83. The van der Waals surface area contributed by atoms with E-state index >= 15 is 0 Å². The van der Waals surface area contributed by atoms with Crippen LogP contribution in [0.1, 0.15) is 102 Å². The summed E-state index contributed by atoms with van der Waals surface area (Å²) in [6.45, 7) is 26.8. The number of likely N-dealkylation sites (tertiary alicyclic amines) is 2. The van der Waals surface area contributed by atoms with E-state index < -0.39 is 11.9 Å². The Balaban J connectivity index is 1.75. The van der Waals surface area contributed by atoms with Gasteiger partial charge in [0.2, 0.25) is 0 Å². The van der Waals surface area contributed by atoms with Crippen LogP contribution in [0.3, 0.4) is 0 Å². The highest BCUT2D eigenvalue weighted by molar-refractivity contribution is 6.03. The summed E-state index contributed by atoms with van der Waals surface area (Å²) < 4.78 is 12.1. The van der Waals surface area contributed by atoms with E-state index in [9.17, 15) is 9.59 Å². The third kappa shape index (κ3) is 6.40. The van der Waals surface area contributed by atoms with Gasteiger partial charge in [0.1, 0.15) is 12.2 Å². The Bertz CT molecular complexity index is 936. The lowest BCUT2D eigenvalue weighted by Gasteiger charge is -2.54. The van der Waals surface area contributed by atoms with E-state index in [1.54, 1.807) is 24.3 Å². The van der Waals surface area contributed by atoms with Crippen molar-refractivity contribution in [2.45, 2.75) is 115 Å². The molecule has 0 unspecified atom stereocenters. The molecular formula is C32H48N2O4. The average molecular weight is 525 g/mol. The fraction of sp³-hybridized carbons (Fsp3) is 0.625. The molecule has 0 spiro atoms. The van der Waals surface area contributed by atoms with Crippen LogP contribution >= 0.6 is 0 Å². The Morgan fingerprint density at radius 2 is 1.00 bits per heavy atom. The Morgan fingerprint density at radius 1 is 0.711 bits per heavy atom. The number of nitrogens with zero attached hydrogens (tertiary/aromatic N) is 2.